The Morgan fingerprint density at radius 2 is 2.22 bits per heavy atom. The maximum Gasteiger partial charge on any atom is 0.243 e. The highest BCUT2D eigenvalue weighted by atomic mass is 19.1. The summed E-state index contributed by atoms with van der Waals surface area (Å²) in [6.45, 7) is 1.47. The Morgan fingerprint density at radius 1 is 1.35 bits per heavy atom. The van der Waals surface area contributed by atoms with Crippen molar-refractivity contribution in [2.45, 2.75) is 25.7 Å². The molecule has 1 saturated carbocycles. The molecule has 0 spiro atoms. The van der Waals surface area contributed by atoms with Gasteiger partial charge in [-0.3, -0.25) is 9.59 Å². The summed E-state index contributed by atoms with van der Waals surface area (Å²) in [6.07, 6.45) is 4.17. The molecule has 1 aromatic rings. The van der Waals surface area contributed by atoms with Gasteiger partial charge in [0.25, 0.3) is 0 Å². The van der Waals surface area contributed by atoms with E-state index in [0.717, 1.165) is 25.8 Å². The SMILES string of the molecule is O=C(CNC(=O)[C@@]12CCCC[C@H]1CNC2)Nc1cccc(F)c1. The first-order chi connectivity index (χ1) is 11.1. The van der Waals surface area contributed by atoms with Crippen molar-refractivity contribution in [2.75, 3.05) is 25.0 Å². The minimum atomic E-state index is -0.409. The van der Waals surface area contributed by atoms with Crippen LogP contribution in [0.5, 0.6) is 0 Å². The second-order valence-corrected chi connectivity index (χ2v) is 6.47. The van der Waals surface area contributed by atoms with Gasteiger partial charge in [-0.15, -0.1) is 0 Å². The number of carbonyl (C=O) groups excluding carboxylic acids is 2. The van der Waals surface area contributed by atoms with Gasteiger partial charge in [-0.25, -0.2) is 4.39 Å². The first-order valence-electron chi connectivity index (χ1n) is 8.15. The van der Waals surface area contributed by atoms with Crippen molar-refractivity contribution in [1.29, 1.82) is 0 Å². The van der Waals surface area contributed by atoms with Gasteiger partial charge in [-0.05, 0) is 43.5 Å². The predicted octanol–water partition coefficient (Wildman–Crippen LogP) is 1.66. The third-order valence-corrected chi connectivity index (χ3v) is 5.01. The Hall–Kier alpha value is -1.95. The number of carbonyl (C=O) groups is 2. The third kappa shape index (κ3) is 3.37. The van der Waals surface area contributed by atoms with E-state index in [0.29, 0.717) is 18.2 Å². The average Bonchev–Trinajstić information content (AvgIpc) is 2.98. The maximum atomic E-state index is 13.1. The number of hydrogen-bond acceptors (Lipinski definition) is 3. The number of fused-ring (bicyclic) bond motifs is 1. The van der Waals surface area contributed by atoms with Crippen LogP contribution < -0.4 is 16.0 Å². The van der Waals surface area contributed by atoms with Crippen LogP contribution in [-0.2, 0) is 9.59 Å². The lowest BCUT2D eigenvalue weighted by Crippen LogP contribution is -2.49. The van der Waals surface area contributed by atoms with Crippen molar-refractivity contribution >= 4 is 17.5 Å². The van der Waals surface area contributed by atoms with Gasteiger partial charge in [-0.1, -0.05) is 18.9 Å². The molecule has 1 aliphatic carbocycles. The van der Waals surface area contributed by atoms with Gasteiger partial charge in [0, 0.05) is 12.2 Å². The molecular formula is C17H22FN3O2. The van der Waals surface area contributed by atoms with E-state index in [-0.39, 0.29) is 23.8 Å². The van der Waals surface area contributed by atoms with Gasteiger partial charge in [0.05, 0.1) is 12.0 Å². The smallest absolute Gasteiger partial charge is 0.243 e. The van der Waals surface area contributed by atoms with Crippen LogP contribution in [0.4, 0.5) is 10.1 Å². The van der Waals surface area contributed by atoms with Crippen molar-refractivity contribution in [3.8, 4) is 0 Å². The molecule has 2 fully saturated rings. The number of halogens is 1. The zero-order chi connectivity index (χ0) is 16.3. The summed E-state index contributed by atoms with van der Waals surface area (Å²) in [5.41, 5.74) is 0.0256. The Balaban J connectivity index is 1.55. The van der Waals surface area contributed by atoms with E-state index in [4.69, 9.17) is 0 Å². The summed E-state index contributed by atoms with van der Waals surface area (Å²) in [7, 11) is 0. The Morgan fingerprint density at radius 3 is 3.04 bits per heavy atom. The number of anilines is 1. The lowest BCUT2D eigenvalue weighted by molar-refractivity contribution is -0.135. The summed E-state index contributed by atoms with van der Waals surface area (Å²) in [4.78, 5) is 24.6. The number of nitrogens with one attached hydrogen (secondary N) is 3. The molecule has 2 atom stereocenters. The van der Waals surface area contributed by atoms with Crippen LogP contribution in [0, 0.1) is 17.2 Å². The van der Waals surface area contributed by atoms with Crippen LogP contribution in [0.25, 0.3) is 0 Å². The fourth-order valence-electron chi connectivity index (χ4n) is 3.80. The maximum absolute atomic E-state index is 13.1. The van der Waals surface area contributed by atoms with Crippen molar-refractivity contribution in [3.63, 3.8) is 0 Å². The predicted molar refractivity (Wildman–Crippen MR) is 85.3 cm³/mol. The summed E-state index contributed by atoms with van der Waals surface area (Å²) in [5.74, 6) is -0.435. The van der Waals surface area contributed by atoms with E-state index in [9.17, 15) is 14.0 Å². The highest BCUT2D eigenvalue weighted by Gasteiger charge is 2.49. The molecular weight excluding hydrogens is 297 g/mol. The van der Waals surface area contributed by atoms with Crippen LogP contribution in [0.3, 0.4) is 0 Å². The minimum Gasteiger partial charge on any atom is -0.346 e. The average molecular weight is 319 g/mol. The summed E-state index contributed by atoms with van der Waals surface area (Å²) in [5, 5.41) is 8.67. The molecule has 1 aromatic carbocycles. The van der Waals surface area contributed by atoms with E-state index >= 15 is 0 Å². The molecule has 0 aromatic heterocycles. The number of amides is 2. The van der Waals surface area contributed by atoms with E-state index in [2.05, 4.69) is 16.0 Å². The molecule has 1 heterocycles. The Kier molecular flexibility index (Phi) is 4.61. The van der Waals surface area contributed by atoms with Crippen LogP contribution in [0.2, 0.25) is 0 Å². The summed E-state index contributed by atoms with van der Waals surface area (Å²) >= 11 is 0. The molecule has 2 aliphatic rings. The van der Waals surface area contributed by atoms with Gasteiger partial charge >= 0.3 is 0 Å². The highest BCUT2D eigenvalue weighted by Crippen LogP contribution is 2.43. The van der Waals surface area contributed by atoms with Crippen molar-refractivity contribution in [2.24, 2.45) is 11.3 Å². The molecule has 1 aliphatic heterocycles. The first kappa shape index (κ1) is 15.9. The standard InChI is InChI=1S/C17H22FN3O2/c18-13-5-3-6-14(8-13)21-15(22)10-20-16(23)17-7-2-1-4-12(17)9-19-11-17/h3,5-6,8,12,19H,1-2,4,7,9-11H2,(H,20,23)(H,21,22)/t12-,17+/m0/s1. The molecule has 3 N–H and O–H groups in total. The number of benzene rings is 1. The lowest BCUT2D eigenvalue weighted by Gasteiger charge is -2.37. The largest absolute Gasteiger partial charge is 0.346 e. The van der Waals surface area contributed by atoms with Gasteiger partial charge in [0.1, 0.15) is 5.82 Å². The number of rotatable bonds is 4. The second kappa shape index (κ2) is 6.66. The van der Waals surface area contributed by atoms with E-state index in [1.54, 1.807) is 6.07 Å². The zero-order valence-corrected chi connectivity index (χ0v) is 13.0. The van der Waals surface area contributed by atoms with Crippen molar-refractivity contribution in [3.05, 3.63) is 30.1 Å². The molecule has 5 nitrogen and oxygen atoms in total. The normalized spacial score (nSPS) is 26.4. The summed E-state index contributed by atoms with van der Waals surface area (Å²) in [6, 6.07) is 5.70. The van der Waals surface area contributed by atoms with Gasteiger partial charge in [-0.2, -0.15) is 0 Å². The molecule has 6 heteroatoms. The molecule has 124 valence electrons. The monoisotopic (exact) mass is 319 g/mol. The fourth-order valence-corrected chi connectivity index (χ4v) is 3.80. The molecule has 0 radical (unpaired) electrons. The topological polar surface area (TPSA) is 70.2 Å². The van der Waals surface area contributed by atoms with E-state index in [1.165, 1.54) is 24.6 Å². The van der Waals surface area contributed by atoms with E-state index < -0.39 is 5.82 Å². The van der Waals surface area contributed by atoms with Gasteiger partial charge in [0.2, 0.25) is 11.8 Å². The quantitative estimate of drug-likeness (QED) is 0.790. The van der Waals surface area contributed by atoms with Gasteiger partial charge < -0.3 is 16.0 Å². The fraction of sp³-hybridized carbons (Fsp3) is 0.529. The van der Waals surface area contributed by atoms with E-state index in [1.807, 2.05) is 0 Å². The molecule has 1 saturated heterocycles. The third-order valence-electron chi connectivity index (χ3n) is 5.01. The van der Waals surface area contributed by atoms with Crippen LogP contribution in [0.15, 0.2) is 24.3 Å². The Bertz CT molecular complexity index is 607. The zero-order valence-electron chi connectivity index (χ0n) is 13.0. The lowest BCUT2D eigenvalue weighted by atomic mass is 9.67. The molecule has 0 unspecified atom stereocenters. The minimum absolute atomic E-state index is 0.0402. The first-order valence-corrected chi connectivity index (χ1v) is 8.15. The summed E-state index contributed by atoms with van der Waals surface area (Å²) < 4.78 is 13.1. The molecule has 3 rings (SSSR count). The highest BCUT2D eigenvalue weighted by molar-refractivity contribution is 5.95. The number of hydrogen-bond donors (Lipinski definition) is 3. The molecule has 2 amide bonds. The second-order valence-electron chi connectivity index (χ2n) is 6.47. The van der Waals surface area contributed by atoms with Crippen LogP contribution >= 0.6 is 0 Å². The Labute approximate surface area is 135 Å². The van der Waals surface area contributed by atoms with Gasteiger partial charge in [0.15, 0.2) is 0 Å². The molecule has 23 heavy (non-hydrogen) atoms. The van der Waals surface area contributed by atoms with Crippen molar-refractivity contribution in [1.82, 2.24) is 10.6 Å². The van der Waals surface area contributed by atoms with Crippen LogP contribution in [-0.4, -0.2) is 31.4 Å². The van der Waals surface area contributed by atoms with Crippen LogP contribution in [0.1, 0.15) is 25.7 Å². The van der Waals surface area contributed by atoms with Crippen molar-refractivity contribution < 1.29 is 14.0 Å². The molecule has 0 bridgehead atoms.